The number of hydrogen-bond donors (Lipinski definition) is 1. The molecule has 26 heteroatoms. The predicted octanol–water partition coefficient (Wildman–Crippen LogP) is 21.5. The van der Waals surface area contributed by atoms with E-state index in [4.69, 9.17) is 5.11 Å². The van der Waals surface area contributed by atoms with Crippen molar-refractivity contribution < 1.29 is 162 Å². The summed E-state index contributed by atoms with van der Waals surface area (Å²) < 4.78 is 151. The van der Waals surface area contributed by atoms with Gasteiger partial charge >= 0.3 is 24.7 Å². The van der Waals surface area contributed by atoms with E-state index in [1.165, 1.54) is 65.0 Å². The minimum atomic E-state index is -4.37. The van der Waals surface area contributed by atoms with Crippen LogP contribution in [0.1, 0.15) is 78.7 Å². The number of benzene rings is 9. The van der Waals surface area contributed by atoms with Crippen LogP contribution in [0.15, 0.2) is 237 Å². The number of aromatic nitrogens is 4. The zero-order chi connectivity index (χ0) is 75.9. The second-order valence-electron chi connectivity index (χ2n) is 22.8. The molecule has 0 aliphatic carbocycles. The molecular weight excluding hydrogens is 2130 g/mol. The average Bonchev–Trinajstić information content (AvgIpc) is 0.797. The van der Waals surface area contributed by atoms with Crippen LogP contribution < -0.4 is 0 Å². The van der Waals surface area contributed by atoms with Crippen LogP contribution in [0.5, 0.6) is 0 Å². The van der Waals surface area contributed by atoms with Crippen LogP contribution in [0, 0.1) is 37.3 Å². The first-order valence-corrected chi connectivity index (χ1v) is 31.1. The number of halogens is 12. The third-order valence-electron chi connectivity index (χ3n) is 14.4. The number of carboxylic acid groups (broad SMARTS) is 1. The summed E-state index contributed by atoms with van der Waals surface area (Å²) in [5.74, 6) is -1.18. The summed E-state index contributed by atoms with van der Waals surface area (Å²) in [6.45, 7) is 7.06. The molecule has 108 heavy (non-hydrogen) atoms. The van der Waals surface area contributed by atoms with Gasteiger partial charge in [-0.25, -0.2) is 0 Å². The van der Waals surface area contributed by atoms with E-state index < -0.39 is 52.9 Å². The molecule has 0 unspecified atom stereocenters. The normalized spacial score (nSPS) is 10.6. The molecule has 4 aromatic heterocycles. The third kappa shape index (κ3) is 29.3. The van der Waals surface area contributed by atoms with E-state index >= 15 is 0 Å². The zero-order valence-electron chi connectivity index (χ0n) is 57.1. The average molecular weight is 2190 g/mol. The summed E-state index contributed by atoms with van der Waals surface area (Å²) in [7, 11) is 0. The Balaban J connectivity index is 0.000000337. The molecular formula is C82H59F12Ir4N4O6-5. The number of carbonyl (C=O) groups is 5. The summed E-state index contributed by atoms with van der Waals surface area (Å²) in [6.07, 6.45) is -13.9. The fourth-order valence-electron chi connectivity index (χ4n) is 9.45. The number of ketones is 4. The van der Waals surface area contributed by atoms with Gasteiger partial charge in [-0.05, 0) is 40.2 Å². The summed E-state index contributed by atoms with van der Waals surface area (Å²) in [5.41, 5.74) is 2.06. The van der Waals surface area contributed by atoms with Crippen molar-refractivity contribution in [3.63, 3.8) is 0 Å². The number of carboxylic acids is 1. The summed E-state index contributed by atoms with van der Waals surface area (Å²) in [6, 6.07) is 75.9. The van der Waals surface area contributed by atoms with Gasteiger partial charge in [-0.15, -0.1) is 149 Å². The number of nitrogens with zero attached hydrogens (tertiary/aromatic N) is 4. The molecule has 13 rings (SSSR count). The second-order valence-corrected chi connectivity index (χ2v) is 22.8. The van der Waals surface area contributed by atoms with E-state index in [0.717, 1.165) is 86.1 Å². The molecule has 13 aromatic rings. The van der Waals surface area contributed by atoms with Gasteiger partial charge in [0.25, 0.3) is 0 Å². The molecule has 0 saturated heterocycles. The van der Waals surface area contributed by atoms with E-state index in [2.05, 4.69) is 50.3 Å². The minimum Gasteiger partial charge on any atom is -0.521 e. The van der Waals surface area contributed by atoms with Crippen LogP contribution in [-0.4, -0.2) is 54.1 Å². The molecule has 10 nitrogen and oxygen atoms in total. The van der Waals surface area contributed by atoms with E-state index in [9.17, 15) is 76.7 Å². The number of carbonyl (C=O) groups excluding carboxylic acids is 4. The number of hydrogen-bond acceptors (Lipinski definition) is 9. The predicted molar refractivity (Wildman–Crippen MR) is 373 cm³/mol. The van der Waals surface area contributed by atoms with Gasteiger partial charge in [-0.3, -0.25) is 39.1 Å². The van der Waals surface area contributed by atoms with Crippen LogP contribution >= 0.6 is 0 Å². The molecule has 9 aromatic carbocycles. The number of aryl methyl sites for hydroxylation is 1. The Labute approximate surface area is 667 Å². The molecule has 0 amide bonds. The molecule has 0 fully saturated rings. The largest absolute Gasteiger partial charge is 0.521 e. The Hall–Kier alpha value is -9.47. The monoisotopic (exact) mass is 2200 g/mol. The van der Waals surface area contributed by atoms with Gasteiger partial charge in [0.15, 0.2) is 0 Å². The fourth-order valence-corrected chi connectivity index (χ4v) is 9.45. The summed E-state index contributed by atoms with van der Waals surface area (Å²) in [5, 5.41) is 16.1. The first kappa shape index (κ1) is 92.7. The third-order valence-corrected chi connectivity index (χ3v) is 14.4. The molecule has 1 N–H and O–H groups in total. The SMILES string of the molecule is CC(=O)CC(C)=O.CC(=O)CC(C)=O.Cc1cc(-c2[c-]c3ccccc3cc2)ncc1C(F)(F)F.FC(F)(F)c1ccc(-c2[c-]c3ccccc3cc2)nc1.FC(F)(F)c1ccc(-c2[c-]c3ccccc3cc2)nc1.FC(F)(F)c1ccc(-c2[c-]c3ccccc3cc2)nc1.O=C(O)c1[c-]cccc1.[Ir].[Ir].[Ir].[Ir]. The maximum Gasteiger partial charge on any atom is 0.418 e. The number of pyridine rings is 4. The number of aromatic carboxylic acids is 1. The van der Waals surface area contributed by atoms with Crippen molar-refractivity contribution in [3.8, 4) is 45.0 Å². The molecule has 0 spiro atoms. The standard InChI is InChI=1S/C17H11F3N.3C16H9F3N.C7H5O2.2C5H8O2.4Ir/c1-11-8-16(21-10-15(11)17(18,19)20)14-7-6-12-4-2-3-5-13(12)9-14;3*17-16(18,19)14-7-8-15(20-10-14)13-6-5-11-3-1-2-4-12(11)9-13;8-7(9)6-4-2-1-3-5-6;2*1-4(6)3-5(2)7;;;;/h2-8,10H,1H3;3*1-8,10H;1-4H,(H,8,9);2*3H2,1-2H3;;;;/q5*-1;;;;;;. The Morgan fingerprint density at radius 2 is 0.620 bits per heavy atom. The second kappa shape index (κ2) is 42.9. The molecule has 0 bridgehead atoms. The van der Waals surface area contributed by atoms with Gasteiger partial charge in [0.2, 0.25) is 5.97 Å². The smallest absolute Gasteiger partial charge is 0.418 e. The zero-order valence-corrected chi connectivity index (χ0v) is 66.7. The van der Waals surface area contributed by atoms with Crippen LogP contribution in [0.25, 0.3) is 88.1 Å². The van der Waals surface area contributed by atoms with Gasteiger partial charge in [0, 0.05) is 128 Å². The number of fused-ring (bicyclic) bond motifs is 4. The number of alkyl halides is 12. The van der Waals surface area contributed by atoms with Crippen molar-refractivity contribution in [2.24, 2.45) is 0 Å². The van der Waals surface area contributed by atoms with Crippen LogP contribution in [0.2, 0.25) is 0 Å². The van der Waals surface area contributed by atoms with Gasteiger partial charge in [-0.1, -0.05) is 165 Å². The van der Waals surface area contributed by atoms with E-state index in [1.807, 2.05) is 127 Å². The first-order chi connectivity index (χ1) is 49.1. The number of Topliss-reactive ketones (excluding diaryl/α,β-unsaturated/α-hetero) is 4. The Morgan fingerprint density at radius 3 is 0.833 bits per heavy atom. The van der Waals surface area contributed by atoms with E-state index in [1.54, 1.807) is 36.4 Å². The van der Waals surface area contributed by atoms with Crippen molar-refractivity contribution in [1.82, 2.24) is 19.9 Å². The summed E-state index contributed by atoms with van der Waals surface area (Å²) in [4.78, 5) is 65.8. The first-order valence-electron chi connectivity index (χ1n) is 31.1. The van der Waals surface area contributed by atoms with Gasteiger partial charge < -0.3 is 9.90 Å². The van der Waals surface area contributed by atoms with Crippen molar-refractivity contribution in [2.45, 2.75) is 72.2 Å². The number of rotatable bonds is 9. The summed E-state index contributed by atoms with van der Waals surface area (Å²) >= 11 is 0. The van der Waals surface area contributed by atoms with Crippen molar-refractivity contribution in [3.05, 3.63) is 301 Å². The van der Waals surface area contributed by atoms with Gasteiger partial charge in [0.05, 0.1) is 35.1 Å². The molecule has 0 saturated carbocycles. The molecule has 4 heterocycles. The molecule has 0 aliphatic heterocycles. The van der Waals surface area contributed by atoms with E-state index in [0.29, 0.717) is 45.0 Å². The molecule has 4 radical (unpaired) electrons. The quantitative estimate of drug-likeness (QED) is 0.0838. The van der Waals surface area contributed by atoms with E-state index in [-0.39, 0.29) is 128 Å². The minimum absolute atomic E-state index is 0. The topological polar surface area (TPSA) is 157 Å². The van der Waals surface area contributed by atoms with Gasteiger partial charge in [0.1, 0.15) is 23.1 Å². The Morgan fingerprint density at radius 1 is 0.343 bits per heavy atom. The van der Waals surface area contributed by atoms with Crippen molar-refractivity contribution >= 4 is 72.2 Å². The fraction of sp³-hybridized carbons (Fsp3) is 0.134. The molecule has 568 valence electrons. The molecule has 0 aliphatic rings. The Kier molecular flexibility index (Phi) is 36.8. The van der Waals surface area contributed by atoms with Crippen LogP contribution in [0.3, 0.4) is 0 Å². The van der Waals surface area contributed by atoms with Crippen molar-refractivity contribution in [1.29, 1.82) is 0 Å². The van der Waals surface area contributed by atoms with Crippen LogP contribution in [-0.2, 0) is 124 Å². The maximum absolute atomic E-state index is 12.7. The Bertz CT molecular complexity index is 4740. The molecule has 0 atom stereocenters. The van der Waals surface area contributed by atoms with Crippen LogP contribution in [0.4, 0.5) is 52.7 Å². The van der Waals surface area contributed by atoms with Crippen molar-refractivity contribution in [2.75, 3.05) is 0 Å². The van der Waals surface area contributed by atoms with Gasteiger partial charge in [-0.2, -0.15) is 52.7 Å². The maximum atomic E-state index is 12.7.